The van der Waals surface area contributed by atoms with Gasteiger partial charge in [0.2, 0.25) is 0 Å². The Morgan fingerprint density at radius 1 is 1.03 bits per heavy atom. The molecule has 0 radical (unpaired) electrons. The zero-order valence-corrected chi connectivity index (χ0v) is 20.8. The first-order valence-corrected chi connectivity index (χ1v) is 12.0. The highest BCUT2D eigenvalue weighted by atomic mass is 32.2. The van der Waals surface area contributed by atoms with Crippen molar-refractivity contribution in [2.75, 3.05) is 27.4 Å². The van der Waals surface area contributed by atoms with Gasteiger partial charge in [-0.2, -0.15) is 0 Å². The van der Waals surface area contributed by atoms with E-state index in [9.17, 15) is 9.59 Å². The van der Waals surface area contributed by atoms with Crippen LogP contribution in [0.15, 0.2) is 64.5 Å². The third kappa shape index (κ3) is 5.17. The lowest BCUT2D eigenvalue weighted by Gasteiger charge is -2.12. The number of methoxy groups -OCH3 is 1. The van der Waals surface area contributed by atoms with Crippen molar-refractivity contribution in [1.29, 1.82) is 0 Å². The standard InChI is InChI=1S/C27H26N2O5S/c1-5-33-20-13-9-17-10-14-23(34-6-2)22(21(17)15-20)16-24-25(30)29(3)27(35-24)28-19-11-7-18(8-12-19)26(31)32-4/h7-16H,5-6H2,1-4H3/b24-16-,28-27?. The lowest BCUT2D eigenvalue weighted by molar-refractivity contribution is -0.121. The van der Waals surface area contributed by atoms with Crippen LogP contribution in [-0.4, -0.2) is 49.3 Å². The summed E-state index contributed by atoms with van der Waals surface area (Å²) in [5.74, 6) is 0.888. The minimum absolute atomic E-state index is 0.152. The van der Waals surface area contributed by atoms with E-state index in [0.29, 0.717) is 40.3 Å². The molecule has 0 spiro atoms. The molecule has 1 aliphatic heterocycles. The van der Waals surface area contributed by atoms with Crippen LogP contribution in [0.2, 0.25) is 0 Å². The second-order valence-corrected chi connectivity index (χ2v) is 8.64. The third-order valence-electron chi connectivity index (χ3n) is 5.40. The number of thioether (sulfide) groups is 1. The molecule has 0 bridgehead atoms. The molecule has 8 heteroatoms. The largest absolute Gasteiger partial charge is 0.494 e. The first-order chi connectivity index (χ1) is 16.9. The van der Waals surface area contributed by atoms with Gasteiger partial charge in [0, 0.05) is 12.6 Å². The van der Waals surface area contributed by atoms with Gasteiger partial charge < -0.3 is 14.2 Å². The number of esters is 1. The van der Waals surface area contributed by atoms with E-state index in [4.69, 9.17) is 14.2 Å². The summed E-state index contributed by atoms with van der Waals surface area (Å²) >= 11 is 1.29. The number of fused-ring (bicyclic) bond motifs is 1. The predicted octanol–water partition coefficient (Wildman–Crippen LogP) is 5.66. The Bertz CT molecular complexity index is 1330. The number of carbonyl (C=O) groups excluding carboxylic acids is 2. The third-order valence-corrected chi connectivity index (χ3v) is 6.46. The van der Waals surface area contributed by atoms with Gasteiger partial charge >= 0.3 is 5.97 Å². The van der Waals surface area contributed by atoms with Crippen LogP contribution in [-0.2, 0) is 9.53 Å². The molecule has 0 atom stereocenters. The normalized spacial score (nSPS) is 15.8. The van der Waals surface area contributed by atoms with Crippen molar-refractivity contribution in [3.63, 3.8) is 0 Å². The fraction of sp³-hybridized carbons (Fsp3) is 0.222. The van der Waals surface area contributed by atoms with Crippen LogP contribution in [0, 0.1) is 0 Å². The molecule has 3 aromatic carbocycles. The minimum atomic E-state index is -0.412. The van der Waals surface area contributed by atoms with Crippen LogP contribution in [0.5, 0.6) is 11.5 Å². The predicted molar refractivity (Wildman–Crippen MR) is 140 cm³/mol. The Kier molecular flexibility index (Phi) is 7.41. The molecular weight excluding hydrogens is 464 g/mol. The van der Waals surface area contributed by atoms with Crippen molar-refractivity contribution in [1.82, 2.24) is 4.90 Å². The monoisotopic (exact) mass is 490 g/mol. The number of hydrogen-bond acceptors (Lipinski definition) is 7. The summed E-state index contributed by atoms with van der Waals surface area (Å²) in [4.78, 5) is 31.4. The second-order valence-electron chi connectivity index (χ2n) is 7.63. The van der Waals surface area contributed by atoms with E-state index in [2.05, 4.69) is 4.99 Å². The second kappa shape index (κ2) is 10.7. The highest BCUT2D eigenvalue weighted by Crippen LogP contribution is 2.38. The molecule has 0 aromatic heterocycles. The fourth-order valence-electron chi connectivity index (χ4n) is 3.67. The summed E-state index contributed by atoms with van der Waals surface area (Å²) in [7, 11) is 3.03. The van der Waals surface area contributed by atoms with Crippen molar-refractivity contribution in [2.24, 2.45) is 4.99 Å². The smallest absolute Gasteiger partial charge is 0.337 e. The molecule has 0 saturated carbocycles. The summed E-state index contributed by atoms with van der Waals surface area (Å²) in [5.41, 5.74) is 1.88. The molecular formula is C27H26N2O5S. The number of likely N-dealkylation sites (N-methyl/N-ethyl adjacent to an activating group) is 1. The maximum Gasteiger partial charge on any atom is 0.337 e. The molecule has 180 valence electrons. The zero-order chi connectivity index (χ0) is 24.9. The van der Waals surface area contributed by atoms with E-state index in [1.54, 1.807) is 31.3 Å². The molecule has 1 saturated heterocycles. The number of amidine groups is 1. The Labute approximate surface area is 208 Å². The summed E-state index contributed by atoms with van der Waals surface area (Å²) in [6, 6.07) is 16.5. The zero-order valence-electron chi connectivity index (χ0n) is 20.0. The van der Waals surface area contributed by atoms with Crippen LogP contribution in [0.4, 0.5) is 5.69 Å². The number of hydrogen-bond donors (Lipinski definition) is 0. The lowest BCUT2D eigenvalue weighted by Crippen LogP contribution is -2.23. The quantitative estimate of drug-likeness (QED) is 0.314. The number of nitrogens with zero attached hydrogens (tertiary/aromatic N) is 2. The molecule has 7 nitrogen and oxygen atoms in total. The molecule has 35 heavy (non-hydrogen) atoms. The van der Waals surface area contributed by atoms with Gasteiger partial charge in [0.1, 0.15) is 11.5 Å². The van der Waals surface area contributed by atoms with Gasteiger partial charge in [0.05, 0.1) is 36.5 Å². The van der Waals surface area contributed by atoms with Crippen LogP contribution in [0.3, 0.4) is 0 Å². The van der Waals surface area contributed by atoms with Crippen molar-refractivity contribution in [3.8, 4) is 11.5 Å². The van der Waals surface area contributed by atoms with Crippen molar-refractivity contribution >= 4 is 51.3 Å². The molecule has 1 fully saturated rings. The van der Waals surface area contributed by atoms with Gasteiger partial charge in [0.25, 0.3) is 5.91 Å². The van der Waals surface area contributed by atoms with Crippen molar-refractivity contribution in [3.05, 3.63) is 70.6 Å². The van der Waals surface area contributed by atoms with E-state index in [1.807, 2.05) is 50.3 Å². The Hall–Kier alpha value is -3.78. The lowest BCUT2D eigenvalue weighted by atomic mass is 10.0. The molecule has 1 heterocycles. The van der Waals surface area contributed by atoms with Gasteiger partial charge in [-0.1, -0.05) is 12.1 Å². The van der Waals surface area contributed by atoms with Crippen LogP contribution >= 0.6 is 11.8 Å². The average Bonchev–Trinajstić information content (AvgIpc) is 3.13. The molecule has 0 N–H and O–H groups in total. The van der Waals surface area contributed by atoms with Crippen molar-refractivity contribution < 1.29 is 23.8 Å². The Balaban J connectivity index is 1.72. The first kappa shape index (κ1) is 24.3. The summed E-state index contributed by atoms with van der Waals surface area (Å²) in [5, 5.41) is 2.50. The van der Waals surface area contributed by atoms with Gasteiger partial charge in [-0.25, -0.2) is 9.79 Å². The summed E-state index contributed by atoms with van der Waals surface area (Å²) in [6.07, 6.45) is 1.86. The highest BCUT2D eigenvalue weighted by Gasteiger charge is 2.31. The van der Waals surface area contributed by atoms with Crippen LogP contribution < -0.4 is 9.47 Å². The number of benzene rings is 3. The maximum atomic E-state index is 13.1. The summed E-state index contributed by atoms with van der Waals surface area (Å²) < 4.78 is 16.3. The van der Waals surface area contributed by atoms with Crippen LogP contribution in [0.1, 0.15) is 29.8 Å². The molecule has 3 aromatic rings. The van der Waals surface area contributed by atoms with Gasteiger partial charge in [-0.05, 0) is 84.9 Å². The number of amides is 1. The van der Waals surface area contributed by atoms with Gasteiger partial charge in [-0.3, -0.25) is 9.69 Å². The molecule has 0 aliphatic carbocycles. The number of aliphatic imine (C=N–C) groups is 1. The number of carbonyl (C=O) groups is 2. The molecule has 1 amide bonds. The van der Waals surface area contributed by atoms with E-state index in [0.717, 1.165) is 22.1 Å². The maximum absolute atomic E-state index is 13.1. The van der Waals surface area contributed by atoms with Crippen molar-refractivity contribution in [2.45, 2.75) is 13.8 Å². The highest BCUT2D eigenvalue weighted by molar-refractivity contribution is 8.18. The number of rotatable bonds is 7. The van der Waals surface area contributed by atoms with Gasteiger partial charge in [-0.15, -0.1) is 0 Å². The SMILES string of the molecule is CCOc1ccc2ccc(OCC)c(/C=C3\SC(=Nc4ccc(C(=O)OC)cc4)N(C)C3=O)c2c1. The van der Waals surface area contributed by atoms with Crippen LogP contribution in [0.25, 0.3) is 16.8 Å². The first-order valence-electron chi connectivity index (χ1n) is 11.2. The van der Waals surface area contributed by atoms with E-state index in [-0.39, 0.29) is 5.91 Å². The molecule has 0 unspecified atom stereocenters. The molecule has 4 rings (SSSR count). The minimum Gasteiger partial charge on any atom is -0.494 e. The van der Waals surface area contributed by atoms with Gasteiger partial charge in [0.15, 0.2) is 5.17 Å². The fourth-order valence-corrected chi connectivity index (χ4v) is 4.64. The average molecular weight is 491 g/mol. The van der Waals surface area contributed by atoms with E-state index < -0.39 is 5.97 Å². The van der Waals surface area contributed by atoms with E-state index >= 15 is 0 Å². The topological polar surface area (TPSA) is 77.4 Å². The Morgan fingerprint density at radius 3 is 2.43 bits per heavy atom. The summed E-state index contributed by atoms with van der Waals surface area (Å²) in [6.45, 7) is 4.93. The Morgan fingerprint density at radius 2 is 1.74 bits per heavy atom. The molecule has 1 aliphatic rings. The number of ether oxygens (including phenoxy) is 3. The van der Waals surface area contributed by atoms with E-state index in [1.165, 1.54) is 23.8 Å².